The predicted octanol–water partition coefficient (Wildman–Crippen LogP) is 2.76. The number of rotatable bonds is 5. The van der Waals surface area contributed by atoms with Crippen LogP contribution >= 0.6 is 0 Å². The number of carbonyl (C=O) groups is 3. The highest BCUT2D eigenvalue weighted by molar-refractivity contribution is 6.09. The Morgan fingerprint density at radius 2 is 1.61 bits per heavy atom. The summed E-state index contributed by atoms with van der Waals surface area (Å²) in [7, 11) is 0. The molecule has 162 valence electrons. The normalized spacial score (nSPS) is 13.5. The van der Waals surface area contributed by atoms with Crippen LogP contribution in [0.1, 0.15) is 27.6 Å². The highest BCUT2D eigenvalue weighted by atomic mass is 16.6. The molecular formula is C21H22N4O6. The van der Waals surface area contributed by atoms with Crippen LogP contribution in [0.3, 0.4) is 0 Å². The van der Waals surface area contributed by atoms with Crippen LogP contribution in [0, 0.1) is 10.1 Å². The molecule has 0 bridgehead atoms. The monoisotopic (exact) mass is 426 g/mol. The van der Waals surface area contributed by atoms with E-state index >= 15 is 0 Å². The summed E-state index contributed by atoms with van der Waals surface area (Å²) in [6.45, 7) is 3.45. The first-order chi connectivity index (χ1) is 14.9. The first-order valence-electron chi connectivity index (χ1n) is 9.76. The number of piperazine rings is 1. The Hall–Kier alpha value is -3.95. The Bertz CT molecular complexity index is 984. The van der Waals surface area contributed by atoms with E-state index in [4.69, 9.17) is 4.74 Å². The molecule has 0 atom stereocenters. The summed E-state index contributed by atoms with van der Waals surface area (Å²) in [5.41, 5.74) is 0.774. The van der Waals surface area contributed by atoms with Gasteiger partial charge in [0.25, 0.3) is 17.5 Å². The third-order valence-corrected chi connectivity index (χ3v) is 4.84. The highest BCUT2D eigenvalue weighted by Gasteiger charge is 2.27. The van der Waals surface area contributed by atoms with Crippen LogP contribution in [-0.2, 0) is 4.74 Å². The van der Waals surface area contributed by atoms with E-state index in [0.29, 0.717) is 44.0 Å². The summed E-state index contributed by atoms with van der Waals surface area (Å²) in [6, 6.07) is 11.8. The number of para-hydroxylation sites is 1. The van der Waals surface area contributed by atoms with Gasteiger partial charge in [0.1, 0.15) is 0 Å². The molecule has 1 aliphatic heterocycles. The van der Waals surface area contributed by atoms with Gasteiger partial charge in [0, 0.05) is 43.9 Å². The topological polar surface area (TPSA) is 122 Å². The SMILES string of the molecule is CCOC(=O)N1CCN(C(=O)c2ccccc2NC(=O)c2ccc([N+](=O)[O-])cc2)CC1. The number of anilines is 1. The van der Waals surface area contributed by atoms with Gasteiger partial charge in [0.15, 0.2) is 0 Å². The van der Waals surface area contributed by atoms with Crippen molar-refractivity contribution < 1.29 is 24.0 Å². The van der Waals surface area contributed by atoms with Crippen molar-refractivity contribution in [2.24, 2.45) is 0 Å². The third kappa shape index (κ3) is 5.16. The lowest BCUT2D eigenvalue weighted by atomic mass is 10.1. The molecule has 2 aromatic rings. The number of non-ortho nitro benzene ring substituents is 1. The molecular weight excluding hydrogens is 404 g/mol. The lowest BCUT2D eigenvalue weighted by molar-refractivity contribution is -0.384. The number of nitrogens with zero attached hydrogens (tertiary/aromatic N) is 3. The van der Waals surface area contributed by atoms with Crippen molar-refractivity contribution >= 4 is 29.3 Å². The fourth-order valence-corrected chi connectivity index (χ4v) is 3.18. The van der Waals surface area contributed by atoms with E-state index in [1.807, 2.05) is 0 Å². The summed E-state index contributed by atoms with van der Waals surface area (Å²) in [6.07, 6.45) is -0.398. The Balaban J connectivity index is 1.69. The summed E-state index contributed by atoms with van der Waals surface area (Å²) in [5, 5.41) is 13.5. The minimum Gasteiger partial charge on any atom is -0.450 e. The number of amides is 3. The maximum absolute atomic E-state index is 13.0. The van der Waals surface area contributed by atoms with Gasteiger partial charge in [0.2, 0.25) is 0 Å². The molecule has 0 spiro atoms. The summed E-state index contributed by atoms with van der Waals surface area (Å²) in [5.74, 6) is -0.745. The molecule has 0 saturated carbocycles. The molecule has 3 rings (SSSR count). The van der Waals surface area contributed by atoms with Crippen molar-refractivity contribution in [3.8, 4) is 0 Å². The fraction of sp³-hybridized carbons (Fsp3) is 0.286. The molecule has 1 aliphatic rings. The van der Waals surface area contributed by atoms with Gasteiger partial charge < -0.3 is 19.9 Å². The zero-order chi connectivity index (χ0) is 22.4. The maximum atomic E-state index is 13.0. The number of nitrogens with one attached hydrogen (secondary N) is 1. The lowest BCUT2D eigenvalue weighted by Gasteiger charge is -2.34. The van der Waals surface area contributed by atoms with Gasteiger partial charge in [-0.25, -0.2) is 4.79 Å². The number of nitro benzene ring substituents is 1. The summed E-state index contributed by atoms with van der Waals surface area (Å²) < 4.78 is 4.99. The first-order valence-corrected chi connectivity index (χ1v) is 9.76. The van der Waals surface area contributed by atoms with Gasteiger partial charge in [-0.05, 0) is 31.2 Å². The zero-order valence-electron chi connectivity index (χ0n) is 16.9. The molecule has 3 amide bonds. The number of hydrogen-bond donors (Lipinski definition) is 1. The van der Waals surface area contributed by atoms with Crippen molar-refractivity contribution in [3.63, 3.8) is 0 Å². The highest BCUT2D eigenvalue weighted by Crippen LogP contribution is 2.20. The van der Waals surface area contributed by atoms with Crippen molar-refractivity contribution in [1.29, 1.82) is 0 Å². The molecule has 0 aliphatic carbocycles. The van der Waals surface area contributed by atoms with Gasteiger partial charge in [-0.15, -0.1) is 0 Å². The molecule has 1 N–H and O–H groups in total. The van der Waals surface area contributed by atoms with E-state index < -0.39 is 16.9 Å². The average Bonchev–Trinajstić information content (AvgIpc) is 2.79. The molecule has 1 fully saturated rings. The van der Waals surface area contributed by atoms with Crippen molar-refractivity contribution in [2.75, 3.05) is 38.1 Å². The molecule has 0 unspecified atom stereocenters. The number of ether oxygens (including phenoxy) is 1. The number of carbonyl (C=O) groups excluding carboxylic acids is 3. The third-order valence-electron chi connectivity index (χ3n) is 4.84. The van der Waals surface area contributed by atoms with E-state index in [1.54, 1.807) is 41.0 Å². The van der Waals surface area contributed by atoms with Crippen LogP contribution in [0.25, 0.3) is 0 Å². The largest absolute Gasteiger partial charge is 0.450 e. The summed E-state index contributed by atoms with van der Waals surface area (Å²) in [4.78, 5) is 50.8. The van der Waals surface area contributed by atoms with Crippen molar-refractivity contribution in [2.45, 2.75) is 6.92 Å². The fourth-order valence-electron chi connectivity index (χ4n) is 3.18. The molecule has 0 aromatic heterocycles. The predicted molar refractivity (Wildman–Crippen MR) is 112 cm³/mol. The van der Waals surface area contributed by atoms with Crippen molar-refractivity contribution in [3.05, 3.63) is 69.8 Å². The first kappa shape index (κ1) is 21.8. The second kappa shape index (κ2) is 9.70. The Morgan fingerprint density at radius 3 is 2.23 bits per heavy atom. The van der Waals surface area contributed by atoms with Crippen LogP contribution in [0.2, 0.25) is 0 Å². The molecule has 2 aromatic carbocycles. The number of benzene rings is 2. The minimum absolute atomic E-state index is 0.117. The molecule has 10 heteroatoms. The standard InChI is InChI=1S/C21H22N4O6/c1-2-31-21(28)24-13-11-23(12-14-24)20(27)17-5-3-4-6-18(17)22-19(26)15-7-9-16(10-8-15)25(29)30/h3-10H,2,11-14H2,1H3,(H,22,26). The van der Waals surface area contributed by atoms with Crippen LogP contribution < -0.4 is 5.32 Å². The Labute approximate surface area is 178 Å². The Kier molecular flexibility index (Phi) is 6.81. The molecule has 10 nitrogen and oxygen atoms in total. The second-order valence-corrected chi connectivity index (χ2v) is 6.78. The van der Waals surface area contributed by atoms with Crippen LogP contribution in [0.4, 0.5) is 16.2 Å². The lowest BCUT2D eigenvalue weighted by Crippen LogP contribution is -2.50. The minimum atomic E-state index is -0.544. The zero-order valence-corrected chi connectivity index (χ0v) is 16.9. The van der Waals surface area contributed by atoms with Crippen LogP contribution in [0.15, 0.2) is 48.5 Å². The molecule has 0 radical (unpaired) electrons. The van der Waals surface area contributed by atoms with E-state index in [2.05, 4.69) is 5.32 Å². The van der Waals surface area contributed by atoms with Crippen LogP contribution in [0.5, 0.6) is 0 Å². The van der Waals surface area contributed by atoms with Gasteiger partial charge >= 0.3 is 6.09 Å². The van der Waals surface area contributed by atoms with Crippen LogP contribution in [-0.4, -0.2) is 65.4 Å². The van der Waals surface area contributed by atoms with E-state index in [9.17, 15) is 24.5 Å². The molecule has 1 heterocycles. The maximum Gasteiger partial charge on any atom is 0.409 e. The quantitative estimate of drug-likeness (QED) is 0.579. The van der Waals surface area contributed by atoms with Gasteiger partial charge in [-0.1, -0.05) is 12.1 Å². The van der Waals surface area contributed by atoms with E-state index in [-0.39, 0.29) is 17.2 Å². The van der Waals surface area contributed by atoms with Gasteiger partial charge in [-0.3, -0.25) is 19.7 Å². The number of nitro groups is 1. The van der Waals surface area contributed by atoms with Gasteiger partial charge in [0.05, 0.1) is 22.8 Å². The van der Waals surface area contributed by atoms with Gasteiger partial charge in [-0.2, -0.15) is 0 Å². The van der Waals surface area contributed by atoms with Crippen molar-refractivity contribution in [1.82, 2.24) is 9.80 Å². The average molecular weight is 426 g/mol. The van der Waals surface area contributed by atoms with E-state index in [0.717, 1.165) is 0 Å². The molecule has 31 heavy (non-hydrogen) atoms. The summed E-state index contributed by atoms with van der Waals surface area (Å²) >= 11 is 0. The van der Waals surface area contributed by atoms with E-state index in [1.165, 1.54) is 24.3 Å². The second-order valence-electron chi connectivity index (χ2n) is 6.78. The smallest absolute Gasteiger partial charge is 0.409 e. The number of hydrogen-bond acceptors (Lipinski definition) is 6. The molecule has 1 saturated heterocycles. The Morgan fingerprint density at radius 1 is 1.00 bits per heavy atom.